The van der Waals surface area contributed by atoms with Crippen LogP contribution >= 0.6 is 11.6 Å². The lowest BCUT2D eigenvalue weighted by Crippen LogP contribution is -2.06. The van der Waals surface area contributed by atoms with Crippen molar-refractivity contribution in [3.05, 3.63) is 28.8 Å². The van der Waals surface area contributed by atoms with E-state index < -0.39 is 0 Å². The molecule has 3 heteroatoms. The van der Waals surface area contributed by atoms with Crippen molar-refractivity contribution in [2.45, 2.75) is 32.8 Å². The number of hydrogen-bond donors (Lipinski definition) is 0. The number of carbonyl (C=O) groups is 1. The van der Waals surface area contributed by atoms with E-state index >= 15 is 0 Å². The summed E-state index contributed by atoms with van der Waals surface area (Å²) in [5.41, 5.74) is 0.908. The minimum Gasteiger partial charge on any atom is -0.489 e. The summed E-state index contributed by atoms with van der Waals surface area (Å²) >= 11 is 6.03. The van der Waals surface area contributed by atoms with Crippen LogP contribution in [0.5, 0.6) is 5.75 Å². The van der Waals surface area contributed by atoms with Crippen molar-refractivity contribution in [3.63, 3.8) is 0 Å². The molecule has 0 aliphatic carbocycles. The Bertz CT molecular complexity index is 347. The molecule has 0 spiro atoms. The Labute approximate surface area is 95.2 Å². The largest absolute Gasteiger partial charge is 0.489 e. The van der Waals surface area contributed by atoms with Gasteiger partial charge in [0.2, 0.25) is 0 Å². The molecule has 1 atom stereocenters. The lowest BCUT2D eigenvalue weighted by Gasteiger charge is -2.13. The molecule has 0 saturated carbocycles. The topological polar surface area (TPSA) is 26.3 Å². The number of halogens is 1. The van der Waals surface area contributed by atoms with Gasteiger partial charge in [-0.3, -0.25) is 0 Å². The van der Waals surface area contributed by atoms with Crippen LogP contribution in [0.4, 0.5) is 0 Å². The first kappa shape index (κ1) is 12.1. The third kappa shape index (κ3) is 3.24. The van der Waals surface area contributed by atoms with Gasteiger partial charge in [-0.15, -0.1) is 0 Å². The average Bonchev–Trinajstić information content (AvgIpc) is 2.19. The zero-order chi connectivity index (χ0) is 11.4. The molecule has 1 aromatic carbocycles. The van der Waals surface area contributed by atoms with Crippen molar-refractivity contribution < 1.29 is 9.53 Å². The highest BCUT2D eigenvalue weighted by molar-refractivity contribution is 6.32. The Balaban J connectivity index is 2.92. The highest BCUT2D eigenvalue weighted by Gasteiger charge is 2.08. The third-order valence-electron chi connectivity index (χ3n) is 2.05. The standard InChI is InChI=1S/C12H15ClO2/c1-8(2)15-12-5-4-10(6-11(12)13)9(3)7-14/h4-9H,1-3H3. The first-order chi connectivity index (χ1) is 7.04. The number of hydrogen-bond acceptors (Lipinski definition) is 2. The summed E-state index contributed by atoms with van der Waals surface area (Å²) in [7, 11) is 0. The van der Waals surface area contributed by atoms with Crippen LogP contribution in [0, 0.1) is 0 Å². The maximum Gasteiger partial charge on any atom is 0.138 e. The number of benzene rings is 1. The molecule has 0 fully saturated rings. The lowest BCUT2D eigenvalue weighted by atomic mass is 10.0. The molecule has 0 saturated heterocycles. The highest BCUT2D eigenvalue weighted by atomic mass is 35.5. The molecule has 0 bridgehead atoms. The molecule has 82 valence electrons. The van der Waals surface area contributed by atoms with Gasteiger partial charge in [0.15, 0.2) is 0 Å². The van der Waals surface area contributed by atoms with Crippen LogP contribution in [0.15, 0.2) is 18.2 Å². The summed E-state index contributed by atoms with van der Waals surface area (Å²) < 4.78 is 5.49. The molecule has 0 amide bonds. The van der Waals surface area contributed by atoms with Crippen LogP contribution in [-0.2, 0) is 4.79 Å². The van der Waals surface area contributed by atoms with Crippen LogP contribution in [-0.4, -0.2) is 12.4 Å². The fourth-order valence-electron chi connectivity index (χ4n) is 1.23. The van der Waals surface area contributed by atoms with Gasteiger partial charge in [-0.25, -0.2) is 0 Å². The number of carbonyl (C=O) groups excluding carboxylic acids is 1. The van der Waals surface area contributed by atoms with E-state index in [0.717, 1.165) is 11.8 Å². The second-order valence-electron chi connectivity index (χ2n) is 3.78. The first-order valence-electron chi connectivity index (χ1n) is 4.96. The van der Waals surface area contributed by atoms with E-state index in [0.29, 0.717) is 10.8 Å². The van der Waals surface area contributed by atoms with Gasteiger partial charge in [0.05, 0.1) is 11.1 Å². The highest BCUT2D eigenvalue weighted by Crippen LogP contribution is 2.28. The van der Waals surface area contributed by atoms with Gasteiger partial charge in [-0.1, -0.05) is 24.6 Å². The predicted octanol–water partition coefficient (Wildman–Crippen LogP) is 3.43. The van der Waals surface area contributed by atoms with Gasteiger partial charge in [0, 0.05) is 5.92 Å². The summed E-state index contributed by atoms with van der Waals surface area (Å²) in [5, 5.41) is 0.551. The molecule has 2 nitrogen and oxygen atoms in total. The third-order valence-corrected chi connectivity index (χ3v) is 2.34. The van der Waals surface area contributed by atoms with Gasteiger partial charge >= 0.3 is 0 Å². The normalized spacial score (nSPS) is 12.6. The summed E-state index contributed by atoms with van der Waals surface area (Å²) in [6.45, 7) is 5.72. The van der Waals surface area contributed by atoms with Crippen molar-refractivity contribution in [2.24, 2.45) is 0 Å². The van der Waals surface area contributed by atoms with Crippen LogP contribution in [0.2, 0.25) is 5.02 Å². The van der Waals surface area contributed by atoms with Gasteiger partial charge in [-0.2, -0.15) is 0 Å². The molecule has 1 aromatic rings. The monoisotopic (exact) mass is 226 g/mol. The van der Waals surface area contributed by atoms with Gasteiger partial charge in [0.25, 0.3) is 0 Å². The Morgan fingerprint density at radius 2 is 2.00 bits per heavy atom. The molecule has 1 unspecified atom stereocenters. The van der Waals surface area contributed by atoms with E-state index in [1.165, 1.54) is 0 Å². The summed E-state index contributed by atoms with van der Waals surface area (Å²) in [5.74, 6) is 0.532. The molecule has 0 heterocycles. The fraction of sp³-hybridized carbons (Fsp3) is 0.417. The van der Waals surface area contributed by atoms with Crippen molar-refractivity contribution in [1.82, 2.24) is 0 Å². The zero-order valence-corrected chi connectivity index (χ0v) is 9.91. The minimum atomic E-state index is -0.129. The van der Waals surface area contributed by atoms with E-state index in [9.17, 15) is 4.79 Å². The smallest absolute Gasteiger partial charge is 0.138 e. The molecule has 0 radical (unpaired) electrons. The average molecular weight is 227 g/mol. The summed E-state index contributed by atoms with van der Waals surface area (Å²) in [6, 6.07) is 5.44. The molecule has 0 aliphatic rings. The summed E-state index contributed by atoms with van der Waals surface area (Å²) in [6.07, 6.45) is 0.992. The summed E-state index contributed by atoms with van der Waals surface area (Å²) in [4.78, 5) is 10.6. The van der Waals surface area contributed by atoms with Crippen LogP contribution < -0.4 is 4.74 Å². The maximum atomic E-state index is 10.6. The van der Waals surface area contributed by atoms with E-state index in [2.05, 4.69) is 0 Å². The molecule has 0 aromatic heterocycles. The predicted molar refractivity (Wildman–Crippen MR) is 61.7 cm³/mol. The van der Waals surface area contributed by atoms with Gasteiger partial charge in [-0.05, 0) is 31.5 Å². The van der Waals surface area contributed by atoms with Gasteiger partial charge < -0.3 is 9.53 Å². The van der Waals surface area contributed by atoms with E-state index in [1.54, 1.807) is 12.1 Å². The van der Waals surface area contributed by atoms with Crippen molar-refractivity contribution >= 4 is 17.9 Å². The van der Waals surface area contributed by atoms with E-state index in [1.807, 2.05) is 26.8 Å². The Morgan fingerprint density at radius 1 is 1.33 bits per heavy atom. The minimum absolute atomic E-state index is 0.0943. The van der Waals surface area contributed by atoms with Crippen molar-refractivity contribution in [2.75, 3.05) is 0 Å². The molecular weight excluding hydrogens is 212 g/mol. The quantitative estimate of drug-likeness (QED) is 0.736. The van der Waals surface area contributed by atoms with Crippen molar-refractivity contribution in [3.8, 4) is 5.75 Å². The molecule has 1 rings (SSSR count). The maximum absolute atomic E-state index is 10.6. The second kappa shape index (κ2) is 5.17. The molecular formula is C12H15ClO2. The van der Waals surface area contributed by atoms with Crippen molar-refractivity contribution in [1.29, 1.82) is 0 Å². The first-order valence-corrected chi connectivity index (χ1v) is 5.33. The van der Waals surface area contributed by atoms with E-state index in [-0.39, 0.29) is 12.0 Å². The molecule has 0 aliphatic heterocycles. The van der Waals surface area contributed by atoms with Crippen LogP contribution in [0.25, 0.3) is 0 Å². The van der Waals surface area contributed by atoms with E-state index in [4.69, 9.17) is 16.3 Å². The second-order valence-corrected chi connectivity index (χ2v) is 4.19. The zero-order valence-electron chi connectivity index (χ0n) is 9.16. The Morgan fingerprint density at radius 3 is 2.47 bits per heavy atom. The fourth-order valence-corrected chi connectivity index (χ4v) is 1.46. The lowest BCUT2D eigenvalue weighted by molar-refractivity contribution is -0.108. The van der Waals surface area contributed by atoms with Gasteiger partial charge in [0.1, 0.15) is 12.0 Å². The SMILES string of the molecule is CC(C)Oc1ccc(C(C)C=O)cc1Cl. The molecule has 0 N–H and O–H groups in total. The number of ether oxygens (including phenoxy) is 1. The molecule has 15 heavy (non-hydrogen) atoms. The van der Waals surface area contributed by atoms with Crippen LogP contribution in [0.1, 0.15) is 32.3 Å². The van der Waals surface area contributed by atoms with Crippen LogP contribution in [0.3, 0.4) is 0 Å². The Kier molecular flexibility index (Phi) is 4.15. The Hall–Kier alpha value is -1.02. The number of aldehydes is 1. The number of rotatable bonds is 4.